The van der Waals surface area contributed by atoms with Gasteiger partial charge in [0.05, 0.1) is 10.7 Å². The molecule has 0 atom stereocenters. The maximum atomic E-state index is 12.1. The first-order chi connectivity index (χ1) is 8.72. The van der Waals surface area contributed by atoms with Crippen molar-refractivity contribution >= 4 is 21.8 Å². The summed E-state index contributed by atoms with van der Waals surface area (Å²) in [6.07, 6.45) is 5.03. The Kier molecular flexibility index (Phi) is 4.09. The van der Waals surface area contributed by atoms with Gasteiger partial charge in [-0.1, -0.05) is 0 Å². The average Bonchev–Trinajstić information content (AvgIpc) is 2.78. The van der Waals surface area contributed by atoms with Crippen LogP contribution in [0, 0.1) is 0 Å². The van der Waals surface area contributed by atoms with E-state index in [2.05, 4.69) is 31.3 Å². The van der Waals surface area contributed by atoms with Gasteiger partial charge in [0.25, 0.3) is 5.91 Å². The third-order valence-corrected chi connectivity index (χ3v) is 3.09. The standard InChI is InChI=1S/C12H13BrN4O/c1-2-17-11(10(13)8-16-17)12(18)15-7-9-3-5-14-6-4-9/h3-6,8H,2,7H2,1H3,(H,15,18). The maximum absolute atomic E-state index is 12.1. The predicted octanol–water partition coefficient (Wildman–Crippen LogP) is 1.99. The molecule has 1 N–H and O–H groups in total. The van der Waals surface area contributed by atoms with E-state index < -0.39 is 0 Å². The summed E-state index contributed by atoms with van der Waals surface area (Å²) in [6.45, 7) is 3.07. The van der Waals surface area contributed by atoms with E-state index in [1.165, 1.54) is 0 Å². The number of carbonyl (C=O) groups excluding carboxylic acids is 1. The molecule has 1 amide bonds. The third kappa shape index (κ3) is 2.76. The fourth-order valence-electron chi connectivity index (χ4n) is 1.59. The molecule has 2 heterocycles. The molecule has 0 aliphatic rings. The molecule has 2 aromatic rings. The summed E-state index contributed by atoms with van der Waals surface area (Å²) < 4.78 is 2.36. The summed E-state index contributed by atoms with van der Waals surface area (Å²) in [5.41, 5.74) is 1.56. The predicted molar refractivity (Wildman–Crippen MR) is 71.0 cm³/mol. The topological polar surface area (TPSA) is 59.8 Å². The van der Waals surface area contributed by atoms with Gasteiger partial charge in [0.2, 0.25) is 0 Å². The molecule has 2 aromatic heterocycles. The normalized spacial score (nSPS) is 10.3. The average molecular weight is 309 g/mol. The van der Waals surface area contributed by atoms with Gasteiger partial charge in [-0.3, -0.25) is 14.5 Å². The molecular weight excluding hydrogens is 296 g/mol. The van der Waals surface area contributed by atoms with Crippen LogP contribution in [0.5, 0.6) is 0 Å². The first-order valence-corrected chi connectivity index (χ1v) is 6.40. The lowest BCUT2D eigenvalue weighted by molar-refractivity contribution is 0.0939. The number of aromatic nitrogens is 3. The lowest BCUT2D eigenvalue weighted by atomic mass is 10.2. The number of rotatable bonds is 4. The lowest BCUT2D eigenvalue weighted by Crippen LogP contribution is -2.26. The van der Waals surface area contributed by atoms with Crippen molar-refractivity contribution in [3.63, 3.8) is 0 Å². The first-order valence-electron chi connectivity index (χ1n) is 5.60. The molecule has 0 aliphatic carbocycles. The van der Waals surface area contributed by atoms with Crippen LogP contribution >= 0.6 is 15.9 Å². The second-order valence-corrected chi connectivity index (χ2v) is 4.55. The molecule has 0 aliphatic heterocycles. The van der Waals surface area contributed by atoms with Crippen molar-refractivity contribution in [2.24, 2.45) is 0 Å². The van der Waals surface area contributed by atoms with Crippen LogP contribution < -0.4 is 5.32 Å². The van der Waals surface area contributed by atoms with Crippen molar-refractivity contribution in [1.82, 2.24) is 20.1 Å². The number of hydrogen-bond acceptors (Lipinski definition) is 3. The van der Waals surface area contributed by atoms with E-state index in [9.17, 15) is 4.79 Å². The molecule has 5 nitrogen and oxygen atoms in total. The van der Waals surface area contributed by atoms with Crippen molar-refractivity contribution in [3.8, 4) is 0 Å². The molecule has 2 rings (SSSR count). The smallest absolute Gasteiger partial charge is 0.270 e. The summed E-state index contributed by atoms with van der Waals surface area (Å²) in [5.74, 6) is -0.141. The minimum absolute atomic E-state index is 0.141. The zero-order valence-electron chi connectivity index (χ0n) is 9.93. The zero-order valence-corrected chi connectivity index (χ0v) is 11.5. The fraction of sp³-hybridized carbons (Fsp3) is 0.250. The molecule has 0 fully saturated rings. The highest BCUT2D eigenvalue weighted by Crippen LogP contribution is 2.15. The number of nitrogens with one attached hydrogen (secondary N) is 1. The van der Waals surface area contributed by atoms with E-state index in [-0.39, 0.29) is 5.91 Å². The monoisotopic (exact) mass is 308 g/mol. The quantitative estimate of drug-likeness (QED) is 0.939. The Labute approximate surface area is 113 Å². The number of nitrogens with zero attached hydrogens (tertiary/aromatic N) is 3. The Morgan fingerprint density at radius 2 is 2.17 bits per heavy atom. The molecule has 18 heavy (non-hydrogen) atoms. The number of amides is 1. The van der Waals surface area contributed by atoms with Crippen LogP contribution in [0.25, 0.3) is 0 Å². The molecule has 94 valence electrons. The van der Waals surface area contributed by atoms with Gasteiger partial charge in [-0.05, 0) is 40.5 Å². The van der Waals surface area contributed by atoms with Gasteiger partial charge in [0.1, 0.15) is 5.69 Å². The Morgan fingerprint density at radius 3 is 2.83 bits per heavy atom. The highest BCUT2D eigenvalue weighted by atomic mass is 79.9. The van der Waals surface area contributed by atoms with Gasteiger partial charge in [-0.25, -0.2) is 0 Å². The Morgan fingerprint density at radius 1 is 1.44 bits per heavy atom. The van der Waals surface area contributed by atoms with Crippen molar-refractivity contribution < 1.29 is 4.79 Å². The largest absolute Gasteiger partial charge is 0.347 e. The van der Waals surface area contributed by atoms with Crippen LogP contribution in [-0.2, 0) is 13.1 Å². The number of halogens is 1. The molecule has 0 spiro atoms. The van der Waals surface area contributed by atoms with E-state index in [1.807, 2.05) is 19.1 Å². The summed E-state index contributed by atoms with van der Waals surface area (Å²) in [5, 5.41) is 6.97. The molecule has 0 unspecified atom stereocenters. The number of pyridine rings is 1. The minimum atomic E-state index is -0.141. The Hall–Kier alpha value is -1.69. The van der Waals surface area contributed by atoms with Crippen LogP contribution in [0.1, 0.15) is 23.0 Å². The summed E-state index contributed by atoms with van der Waals surface area (Å²) in [7, 11) is 0. The van der Waals surface area contributed by atoms with E-state index in [1.54, 1.807) is 23.3 Å². The van der Waals surface area contributed by atoms with Crippen LogP contribution in [0.2, 0.25) is 0 Å². The second-order valence-electron chi connectivity index (χ2n) is 3.70. The number of hydrogen-bond donors (Lipinski definition) is 1. The van der Waals surface area contributed by atoms with Gasteiger partial charge >= 0.3 is 0 Å². The van der Waals surface area contributed by atoms with Crippen molar-refractivity contribution in [1.29, 1.82) is 0 Å². The van der Waals surface area contributed by atoms with Crippen molar-refractivity contribution in [3.05, 3.63) is 46.5 Å². The van der Waals surface area contributed by atoms with E-state index >= 15 is 0 Å². The lowest BCUT2D eigenvalue weighted by Gasteiger charge is -2.07. The fourth-order valence-corrected chi connectivity index (χ4v) is 2.07. The SMILES string of the molecule is CCn1ncc(Br)c1C(=O)NCc1ccncc1. The van der Waals surface area contributed by atoms with E-state index in [0.717, 1.165) is 5.56 Å². The molecular formula is C12H13BrN4O. The van der Waals surface area contributed by atoms with Crippen LogP contribution in [-0.4, -0.2) is 20.7 Å². The van der Waals surface area contributed by atoms with E-state index in [0.29, 0.717) is 23.3 Å². The molecule has 0 saturated heterocycles. The van der Waals surface area contributed by atoms with Gasteiger partial charge in [0.15, 0.2) is 0 Å². The van der Waals surface area contributed by atoms with Crippen LogP contribution in [0.3, 0.4) is 0 Å². The second kappa shape index (κ2) is 5.77. The van der Waals surface area contributed by atoms with Gasteiger partial charge in [-0.2, -0.15) is 5.10 Å². The number of aryl methyl sites for hydroxylation is 1. The highest BCUT2D eigenvalue weighted by Gasteiger charge is 2.15. The number of carbonyl (C=O) groups is 1. The molecule has 0 bridgehead atoms. The summed E-state index contributed by atoms with van der Waals surface area (Å²) >= 11 is 3.33. The third-order valence-electron chi connectivity index (χ3n) is 2.51. The van der Waals surface area contributed by atoms with Gasteiger partial charge in [-0.15, -0.1) is 0 Å². The van der Waals surface area contributed by atoms with Crippen LogP contribution in [0.15, 0.2) is 35.2 Å². The molecule has 0 aromatic carbocycles. The summed E-state index contributed by atoms with van der Waals surface area (Å²) in [4.78, 5) is 16.0. The van der Waals surface area contributed by atoms with E-state index in [4.69, 9.17) is 0 Å². The Balaban J connectivity index is 2.06. The maximum Gasteiger partial charge on any atom is 0.270 e. The molecule has 0 saturated carbocycles. The molecule has 6 heteroatoms. The first kappa shape index (κ1) is 12.8. The van der Waals surface area contributed by atoms with Crippen molar-refractivity contribution in [2.75, 3.05) is 0 Å². The Bertz CT molecular complexity index is 538. The van der Waals surface area contributed by atoms with Crippen LogP contribution in [0.4, 0.5) is 0 Å². The van der Waals surface area contributed by atoms with Gasteiger partial charge < -0.3 is 5.32 Å². The van der Waals surface area contributed by atoms with Gasteiger partial charge in [0, 0.05) is 25.5 Å². The summed E-state index contributed by atoms with van der Waals surface area (Å²) in [6, 6.07) is 3.74. The highest BCUT2D eigenvalue weighted by molar-refractivity contribution is 9.10. The molecule has 0 radical (unpaired) electrons. The minimum Gasteiger partial charge on any atom is -0.347 e. The van der Waals surface area contributed by atoms with Crippen molar-refractivity contribution in [2.45, 2.75) is 20.0 Å². The zero-order chi connectivity index (χ0) is 13.0.